The molecule has 0 saturated carbocycles. The van der Waals surface area contributed by atoms with E-state index in [1.165, 1.54) is 23.9 Å². The number of esters is 1. The summed E-state index contributed by atoms with van der Waals surface area (Å²) in [5.74, 6) is 1.50. The SMILES string of the molecule is CCOC(=O)C1CCN(C(=O)c2ccc(CSc3nc(C)cc(N4CCN(c5cccc(C(F)(F)F)c5)CC4)n3)o2)CC1. The Morgan fingerprint density at radius 3 is 2.42 bits per heavy atom. The van der Waals surface area contributed by atoms with Crippen LogP contribution in [0.3, 0.4) is 0 Å². The molecule has 0 aliphatic carbocycles. The van der Waals surface area contributed by atoms with E-state index in [9.17, 15) is 22.8 Å². The first-order valence-corrected chi connectivity index (χ1v) is 15.3. The minimum absolute atomic E-state index is 0.175. The molecule has 2 aromatic heterocycles. The van der Waals surface area contributed by atoms with Crippen molar-refractivity contribution in [3.05, 3.63) is 65.2 Å². The van der Waals surface area contributed by atoms with Crippen LogP contribution in [0.25, 0.3) is 0 Å². The van der Waals surface area contributed by atoms with Crippen LogP contribution < -0.4 is 9.80 Å². The molecule has 9 nitrogen and oxygen atoms in total. The summed E-state index contributed by atoms with van der Waals surface area (Å²) in [6.07, 6.45) is -3.23. The molecule has 2 fully saturated rings. The van der Waals surface area contributed by atoms with E-state index in [4.69, 9.17) is 14.1 Å². The largest absolute Gasteiger partial charge is 0.466 e. The lowest BCUT2D eigenvalue weighted by atomic mass is 9.97. The Labute approximate surface area is 252 Å². The Bertz CT molecular complexity index is 1430. The molecule has 2 aliphatic heterocycles. The lowest BCUT2D eigenvalue weighted by molar-refractivity contribution is -0.149. The lowest BCUT2D eigenvalue weighted by Crippen LogP contribution is -2.47. The number of piperidine rings is 1. The number of ether oxygens (including phenoxy) is 1. The van der Waals surface area contributed by atoms with Crippen molar-refractivity contribution in [1.29, 1.82) is 0 Å². The first-order valence-electron chi connectivity index (χ1n) is 14.3. The molecule has 4 heterocycles. The fourth-order valence-corrected chi connectivity index (χ4v) is 6.06. The molecule has 230 valence electrons. The minimum Gasteiger partial charge on any atom is -0.466 e. The number of anilines is 2. The number of furan rings is 1. The quantitative estimate of drug-likeness (QED) is 0.186. The fraction of sp³-hybridized carbons (Fsp3) is 0.467. The molecule has 0 bridgehead atoms. The number of carbonyl (C=O) groups is 2. The van der Waals surface area contributed by atoms with Crippen molar-refractivity contribution in [2.24, 2.45) is 5.92 Å². The highest BCUT2D eigenvalue weighted by atomic mass is 32.2. The molecule has 0 unspecified atom stereocenters. The first-order chi connectivity index (χ1) is 20.6. The van der Waals surface area contributed by atoms with E-state index in [0.29, 0.717) is 81.1 Å². The second-order valence-electron chi connectivity index (χ2n) is 10.5. The van der Waals surface area contributed by atoms with Gasteiger partial charge in [-0.3, -0.25) is 9.59 Å². The highest BCUT2D eigenvalue weighted by Gasteiger charge is 2.32. The van der Waals surface area contributed by atoms with Gasteiger partial charge in [0.25, 0.3) is 5.91 Å². The molecule has 3 aromatic rings. The zero-order valence-corrected chi connectivity index (χ0v) is 24.9. The number of thioether (sulfide) groups is 1. The molecule has 1 amide bonds. The standard InChI is InChI=1S/C30H34F3N5O4S/c1-3-41-28(40)21-9-11-38(12-10-21)27(39)25-8-7-24(42-25)19-43-29-34-20(2)17-26(35-29)37-15-13-36(14-16-37)23-6-4-5-22(18-23)30(31,32)33/h4-8,17-18,21H,3,9-16,19H2,1-2H3. The van der Waals surface area contributed by atoms with Crippen LogP contribution in [0.1, 0.15) is 47.3 Å². The number of nitrogens with zero attached hydrogens (tertiary/aromatic N) is 5. The highest BCUT2D eigenvalue weighted by molar-refractivity contribution is 7.98. The predicted molar refractivity (Wildman–Crippen MR) is 156 cm³/mol. The summed E-state index contributed by atoms with van der Waals surface area (Å²) in [5.41, 5.74) is 0.709. The van der Waals surface area contributed by atoms with E-state index in [1.54, 1.807) is 30.0 Å². The minimum atomic E-state index is -4.37. The smallest absolute Gasteiger partial charge is 0.416 e. The number of hydrogen-bond donors (Lipinski definition) is 0. The van der Waals surface area contributed by atoms with E-state index in [-0.39, 0.29) is 23.6 Å². The summed E-state index contributed by atoms with van der Waals surface area (Å²) in [6, 6.07) is 10.8. The number of piperazine rings is 1. The Morgan fingerprint density at radius 2 is 1.72 bits per heavy atom. The second-order valence-corrected chi connectivity index (χ2v) is 11.5. The van der Waals surface area contributed by atoms with Gasteiger partial charge < -0.3 is 23.9 Å². The summed E-state index contributed by atoms with van der Waals surface area (Å²) in [5, 5.41) is 0.570. The van der Waals surface area contributed by atoms with Crippen LogP contribution in [0.4, 0.5) is 24.7 Å². The summed E-state index contributed by atoms with van der Waals surface area (Å²) >= 11 is 1.40. The number of benzene rings is 1. The molecular weight excluding hydrogens is 583 g/mol. The van der Waals surface area contributed by atoms with Crippen LogP contribution >= 0.6 is 11.8 Å². The number of aromatic nitrogens is 2. The Kier molecular flexibility index (Phi) is 9.48. The monoisotopic (exact) mass is 617 g/mol. The van der Waals surface area contributed by atoms with E-state index in [0.717, 1.165) is 17.6 Å². The number of aryl methyl sites for hydroxylation is 1. The van der Waals surface area contributed by atoms with Crippen molar-refractivity contribution < 1.29 is 31.9 Å². The van der Waals surface area contributed by atoms with Crippen molar-refractivity contribution >= 4 is 35.1 Å². The third-order valence-electron chi connectivity index (χ3n) is 7.58. The van der Waals surface area contributed by atoms with Gasteiger partial charge in [-0.15, -0.1) is 0 Å². The van der Waals surface area contributed by atoms with Crippen LogP contribution in [0.15, 0.2) is 52.0 Å². The molecule has 5 rings (SSSR count). The maximum absolute atomic E-state index is 13.2. The number of hydrogen-bond acceptors (Lipinski definition) is 9. The molecule has 0 radical (unpaired) electrons. The van der Waals surface area contributed by atoms with E-state index < -0.39 is 11.7 Å². The highest BCUT2D eigenvalue weighted by Crippen LogP contribution is 2.32. The Morgan fingerprint density at radius 1 is 1.00 bits per heavy atom. The Balaban J connectivity index is 1.14. The number of alkyl halides is 3. The number of halogens is 3. The van der Waals surface area contributed by atoms with Crippen molar-refractivity contribution in [3.63, 3.8) is 0 Å². The Hall–Kier alpha value is -3.74. The van der Waals surface area contributed by atoms with Gasteiger partial charge in [-0.2, -0.15) is 13.2 Å². The van der Waals surface area contributed by atoms with Gasteiger partial charge >= 0.3 is 12.1 Å². The average Bonchev–Trinajstić information content (AvgIpc) is 3.48. The number of carbonyl (C=O) groups excluding carboxylic acids is 2. The number of likely N-dealkylation sites (tertiary alicyclic amines) is 1. The van der Waals surface area contributed by atoms with Crippen LogP contribution in [-0.4, -0.2) is 72.6 Å². The molecular formula is C30H34F3N5O4S. The van der Waals surface area contributed by atoms with Gasteiger partial charge in [0.05, 0.1) is 23.8 Å². The van der Waals surface area contributed by atoms with Gasteiger partial charge in [-0.1, -0.05) is 17.8 Å². The van der Waals surface area contributed by atoms with E-state index in [1.807, 2.05) is 17.9 Å². The summed E-state index contributed by atoms with van der Waals surface area (Å²) in [7, 11) is 0. The van der Waals surface area contributed by atoms with Crippen molar-refractivity contribution in [3.8, 4) is 0 Å². The molecule has 0 atom stereocenters. The van der Waals surface area contributed by atoms with Gasteiger partial charge in [-0.25, -0.2) is 9.97 Å². The van der Waals surface area contributed by atoms with Gasteiger partial charge in [0.1, 0.15) is 11.6 Å². The zero-order chi connectivity index (χ0) is 30.6. The van der Waals surface area contributed by atoms with Crippen molar-refractivity contribution in [2.75, 3.05) is 55.7 Å². The predicted octanol–water partition coefficient (Wildman–Crippen LogP) is 5.43. The zero-order valence-electron chi connectivity index (χ0n) is 24.1. The summed E-state index contributed by atoms with van der Waals surface area (Å²) < 4.78 is 50.4. The van der Waals surface area contributed by atoms with Gasteiger partial charge in [0, 0.05) is 56.7 Å². The number of rotatable bonds is 8. The maximum atomic E-state index is 13.2. The molecule has 0 spiro atoms. The van der Waals surface area contributed by atoms with E-state index >= 15 is 0 Å². The second kappa shape index (κ2) is 13.3. The van der Waals surface area contributed by atoms with Gasteiger partial charge in [0.2, 0.25) is 0 Å². The normalized spacial score (nSPS) is 16.4. The third-order valence-corrected chi connectivity index (χ3v) is 8.45. The number of amides is 1. The van der Waals surface area contributed by atoms with Crippen LogP contribution in [0.2, 0.25) is 0 Å². The summed E-state index contributed by atoms with van der Waals surface area (Å²) in [6.45, 7) is 7.32. The lowest BCUT2D eigenvalue weighted by Gasteiger charge is -2.37. The molecule has 13 heteroatoms. The first kappa shape index (κ1) is 30.7. The fourth-order valence-electron chi connectivity index (χ4n) is 5.26. The van der Waals surface area contributed by atoms with Crippen molar-refractivity contribution in [1.82, 2.24) is 14.9 Å². The summed E-state index contributed by atoms with van der Waals surface area (Å²) in [4.78, 5) is 40.0. The van der Waals surface area contributed by atoms with E-state index in [2.05, 4.69) is 9.88 Å². The molecule has 2 saturated heterocycles. The maximum Gasteiger partial charge on any atom is 0.416 e. The van der Waals surface area contributed by atoms with Crippen LogP contribution in [0.5, 0.6) is 0 Å². The van der Waals surface area contributed by atoms with Crippen molar-refractivity contribution in [2.45, 2.75) is 43.8 Å². The topological polar surface area (TPSA) is 92.0 Å². The molecule has 43 heavy (non-hydrogen) atoms. The van der Waals surface area contributed by atoms with Crippen LogP contribution in [0, 0.1) is 12.8 Å². The molecule has 1 aromatic carbocycles. The van der Waals surface area contributed by atoms with Crippen LogP contribution in [-0.2, 0) is 21.5 Å². The molecule has 0 N–H and O–H groups in total. The van der Waals surface area contributed by atoms with Gasteiger partial charge in [-0.05, 0) is 57.0 Å². The average molecular weight is 618 g/mol. The van der Waals surface area contributed by atoms with Gasteiger partial charge in [0.15, 0.2) is 10.9 Å². The third kappa shape index (κ3) is 7.62. The molecule has 2 aliphatic rings.